The number of H-pyrrole nitrogens is 1. The molecule has 1 aliphatic rings. The average molecular weight is 301 g/mol. The van der Waals surface area contributed by atoms with Crippen molar-refractivity contribution in [1.82, 2.24) is 25.3 Å². The molecule has 2 heterocycles. The lowest BCUT2D eigenvalue weighted by molar-refractivity contribution is -0.120. The fourth-order valence-corrected chi connectivity index (χ4v) is 3.00. The summed E-state index contributed by atoms with van der Waals surface area (Å²) in [4.78, 5) is 12.2. The fraction of sp³-hybridized carbons (Fsp3) is 0.562. The molecule has 1 aliphatic carbocycles. The number of hydrogen-bond donors (Lipinski definition) is 2. The molecule has 3 rings (SSSR count). The van der Waals surface area contributed by atoms with Gasteiger partial charge in [-0.3, -0.25) is 14.6 Å². The summed E-state index contributed by atoms with van der Waals surface area (Å²) in [6.45, 7) is 4.40. The second-order valence-electron chi connectivity index (χ2n) is 6.16. The van der Waals surface area contributed by atoms with Crippen molar-refractivity contribution in [2.24, 2.45) is 7.05 Å². The van der Waals surface area contributed by atoms with E-state index in [9.17, 15) is 4.79 Å². The zero-order valence-electron chi connectivity index (χ0n) is 13.4. The largest absolute Gasteiger partial charge is 0.350 e. The fourth-order valence-electron chi connectivity index (χ4n) is 3.00. The maximum Gasteiger partial charge on any atom is 0.224 e. The van der Waals surface area contributed by atoms with Gasteiger partial charge in [0.25, 0.3) is 0 Å². The summed E-state index contributed by atoms with van der Waals surface area (Å²) in [6, 6.07) is 0. The molecular weight excluding hydrogens is 278 g/mol. The quantitative estimate of drug-likeness (QED) is 0.885. The Balaban J connectivity index is 1.63. The predicted molar refractivity (Wildman–Crippen MR) is 83.4 cm³/mol. The van der Waals surface area contributed by atoms with Crippen LogP contribution < -0.4 is 5.32 Å². The van der Waals surface area contributed by atoms with Crippen LogP contribution >= 0.6 is 0 Å². The molecule has 2 aromatic heterocycles. The molecule has 0 saturated heterocycles. The molecular formula is C16H23N5O. The molecule has 2 aromatic rings. The van der Waals surface area contributed by atoms with Crippen LogP contribution in [0.3, 0.4) is 0 Å². The van der Waals surface area contributed by atoms with Gasteiger partial charge in [-0.1, -0.05) is 6.42 Å². The second-order valence-corrected chi connectivity index (χ2v) is 6.16. The van der Waals surface area contributed by atoms with Crippen LogP contribution in [-0.2, 0) is 24.8 Å². The van der Waals surface area contributed by atoms with Crippen molar-refractivity contribution in [2.45, 2.75) is 52.0 Å². The third-order valence-corrected chi connectivity index (χ3v) is 4.71. The number of nitrogens with one attached hydrogen (secondary N) is 2. The van der Waals surface area contributed by atoms with E-state index in [1.807, 2.05) is 31.8 Å². The summed E-state index contributed by atoms with van der Waals surface area (Å²) in [6.07, 6.45) is 6.09. The van der Waals surface area contributed by atoms with Gasteiger partial charge in [0.2, 0.25) is 5.91 Å². The number of amides is 1. The van der Waals surface area contributed by atoms with E-state index in [-0.39, 0.29) is 5.91 Å². The molecule has 118 valence electrons. The summed E-state index contributed by atoms with van der Waals surface area (Å²) in [5, 5.41) is 14.4. The number of hydrogen-bond acceptors (Lipinski definition) is 3. The molecule has 6 heteroatoms. The third-order valence-electron chi connectivity index (χ3n) is 4.71. The van der Waals surface area contributed by atoms with Gasteiger partial charge < -0.3 is 5.32 Å². The predicted octanol–water partition coefficient (Wildman–Crippen LogP) is 1.89. The maximum atomic E-state index is 12.2. The first-order valence-electron chi connectivity index (χ1n) is 7.84. The molecule has 1 amide bonds. The lowest BCUT2D eigenvalue weighted by Gasteiger charge is -2.25. The number of aryl methyl sites for hydroxylation is 3. The number of carbonyl (C=O) groups is 1. The average Bonchev–Trinajstić information content (AvgIpc) is 2.93. The maximum absolute atomic E-state index is 12.2. The van der Waals surface area contributed by atoms with Crippen LogP contribution in [0.15, 0.2) is 6.20 Å². The molecule has 1 fully saturated rings. The van der Waals surface area contributed by atoms with Crippen LogP contribution in [-0.4, -0.2) is 25.9 Å². The Hall–Kier alpha value is -2.11. The van der Waals surface area contributed by atoms with Gasteiger partial charge in [-0.25, -0.2) is 0 Å². The minimum atomic E-state index is 0.0216. The Bertz CT molecular complexity index is 661. The Morgan fingerprint density at radius 3 is 2.82 bits per heavy atom. The van der Waals surface area contributed by atoms with E-state index < -0.39 is 0 Å². The Morgan fingerprint density at radius 1 is 1.45 bits per heavy atom. The molecule has 0 radical (unpaired) electrons. The monoisotopic (exact) mass is 301 g/mol. The summed E-state index contributed by atoms with van der Waals surface area (Å²) in [5.74, 6) is 0.646. The smallest absolute Gasteiger partial charge is 0.224 e. The first kappa shape index (κ1) is 14.8. The van der Waals surface area contributed by atoms with Crippen molar-refractivity contribution >= 4 is 5.91 Å². The third kappa shape index (κ3) is 2.77. The molecule has 0 spiro atoms. The highest BCUT2D eigenvalue weighted by Gasteiger charge is 2.24. The minimum Gasteiger partial charge on any atom is -0.350 e. The van der Waals surface area contributed by atoms with Crippen molar-refractivity contribution in [1.29, 1.82) is 0 Å². The summed E-state index contributed by atoms with van der Waals surface area (Å²) >= 11 is 0. The zero-order chi connectivity index (χ0) is 15.7. The minimum absolute atomic E-state index is 0.0216. The van der Waals surface area contributed by atoms with Crippen LogP contribution in [0.25, 0.3) is 0 Å². The molecule has 22 heavy (non-hydrogen) atoms. The van der Waals surface area contributed by atoms with Crippen molar-refractivity contribution in [2.75, 3.05) is 0 Å². The van der Waals surface area contributed by atoms with Crippen LogP contribution in [0.5, 0.6) is 0 Å². The van der Waals surface area contributed by atoms with Gasteiger partial charge in [0.1, 0.15) is 0 Å². The summed E-state index contributed by atoms with van der Waals surface area (Å²) in [7, 11) is 1.94. The Morgan fingerprint density at radius 2 is 2.23 bits per heavy atom. The van der Waals surface area contributed by atoms with Gasteiger partial charge in [-0.15, -0.1) is 0 Å². The normalized spacial score (nSPS) is 14.9. The number of rotatable bonds is 5. The first-order valence-corrected chi connectivity index (χ1v) is 7.84. The molecule has 0 aromatic carbocycles. The van der Waals surface area contributed by atoms with Crippen LogP contribution in [0, 0.1) is 13.8 Å². The van der Waals surface area contributed by atoms with Crippen LogP contribution in [0.4, 0.5) is 0 Å². The SMILES string of the molecule is Cc1n[nH]c(C)c1CC(=O)NCc1c(C2CCC2)cnn1C. The summed E-state index contributed by atoms with van der Waals surface area (Å²) in [5.41, 5.74) is 5.26. The van der Waals surface area contributed by atoms with Gasteiger partial charge in [0.05, 0.1) is 30.6 Å². The topological polar surface area (TPSA) is 75.6 Å². The number of carbonyl (C=O) groups excluding carboxylic acids is 1. The molecule has 0 atom stereocenters. The molecule has 1 saturated carbocycles. The first-order chi connectivity index (χ1) is 10.6. The van der Waals surface area contributed by atoms with Crippen LogP contribution in [0.1, 0.15) is 53.4 Å². The van der Waals surface area contributed by atoms with Crippen LogP contribution in [0.2, 0.25) is 0 Å². The molecule has 2 N–H and O–H groups in total. The summed E-state index contributed by atoms with van der Waals surface area (Å²) < 4.78 is 1.88. The lowest BCUT2D eigenvalue weighted by Crippen LogP contribution is -2.27. The van der Waals surface area contributed by atoms with E-state index >= 15 is 0 Å². The van der Waals surface area contributed by atoms with E-state index in [1.165, 1.54) is 24.8 Å². The highest BCUT2D eigenvalue weighted by Crippen LogP contribution is 2.37. The lowest BCUT2D eigenvalue weighted by atomic mass is 9.80. The van der Waals surface area contributed by atoms with Crippen molar-refractivity contribution in [3.8, 4) is 0 Å². The van der Waals surface area contributed by atoms with Crippen molar-refractivity contribution in [3.05, 3.63) is 34.4 Å². The van der Waals surface area contributed by atoms with Crippen molar-refractivity contribution in [3.63, 3.8) is 0 Å². The Kier molecular flexibility index (Phi) is 4.00. The molecule has 6 nitrogen and oxygen atoms in total. The van der Waals surface area contributed by atoms with E-state index in [4.69, 9.17) is 0 Å². The van der Waals surface area contributed by atoms with Gasteiger partial charge >= 0.3 is 0 Å². The van der Waals surface area contributed by atoms with Gasteiger partial charge in [0, 0.05) is 18.3 Å². The highest BCUT2D eigenvalue weighted by molar-refractivity contribution is 5.79. The zero-order valence-corrected chi connectivity index (χ0v) is 13.4. The molecule has 0 unspecified atom stereocenters. The van der Waals surface area contributed by atoms with E-state index in [1.54, 1.807) is 0 Å². The Labute approximate surface area is 130 Å². The van der Waals surface area contributed by atoms with E-state index in [0.29, 0.717) is 18.9 Å². The molecule has 0 aliphatic heterocycles. The van der Waals surface area contributed by atoms with E-state index in [0.717, 1.165) is 22.6 Å². The van der Waals surface area contributed by atoms with Gasteiger partial charge in [0.15, 0.2) is 0 Å². The highest BCUT2D eigenvalue weighted by atomic mass is 16.1. The second kappa shape index (κ2) is 5.94. The molecule has 0 bridgehead atoms. The number of aromatic amines is 1. The van der Waals surface area contributed by atoms with Crippen molar-refractivity contribution < 1.29 is 4.79 Å². The standard InChI is InChI=1S/C16H23N5O/c1-10-13(11(2)20-19-10)7-16(22)17-9-15-14(8-18-21(15)3)12-5-4-6-12/h8,12H,4-7,9H2,1-3H3,(H,17,22)(H,19,20). The number of nitrogens with zero attached hydrogens (tertiary/aromatic N) is 3. The van der Waals surface area contributed by atoms with Gasteiger partial charge in [-0.2, -0.15) is 10.2 Å². The number of aromatic nitrogens is 4. The van der Waals surface area contributed by atoms with E-state index in [2.05, 4.69) is 20.6 Å². The van der Waals surface area contributed by atoms with Gasteiger partial charge in [-0.05, 0) is 38.2 Å².